The highest BCUT2D eigenvalue weighted by Gasteiger charge is 2.21. The van der Waals surface area contributed by atoms with Crippen LogP contribution in [0.5, 0.6) is 0 Å². The molecule has 5 heteroatoms. The molecule has 0 spiro atoms. The van der Waals surface area contributed by atoms with Crippen molar-refractivity contribution in [3.63, 3.8) is 0 Å². The first kappa shape index (κ1) is 36.0. The van der Waals surface area contributed by atoms with Gasteiger partial charge in [-0.15, -0.1) is 0 Å². The molecule has 3 aromatic heterocycles. The van der Waals surface area contributed by atoms with Crippen molar-refractivity contribution in [2.24, 2.45) is 0 Å². The number of benzene rings is 10. The first-order chi connectivity index (χ1) is 31.7. The number of rotatable bonds is 6. The van der Waals surface area contributed by atoms with E-state index < -0.39 is 0 Å². The number of aromatic nitrogens is 5. The highest BCUT2D eigenvalue weighted by atomic mass is 15.0. The molecule has 3 heterocycles. The summed E-state index contributed by atoms with van der Waals surface area (Å²) in [6.07, 6.45) is 0. The van der Waals surface area contributed by atoms with Gasteiger partial charge < -0.3 is 9.13 Å². The van der Waals surface area contributed by atoms with Gasteiger partial charge in [0.2, 0.25) is 0 Å². The summed E-state index contributed by atoms with van der Waals surface area (Å²) in [4.78, 5) is 16.0. The van der Waals surface area contributed by atoms with E-state index in [9.17, 15) is 0 Å². The summed E-state index contributed by atoms with van der Waals surface area (Å²) < 4.78 is 4.75. The minimum Gasteiger partial charge on any atom is -0.309 e. The summed E-state index contributed by atoms with van der Waals surface area (Å²) in [6, 6.07) is 79.8. The lowest BCUT2D eigenvalue weighted by molar-refractivity contribution is 1.08. The Hall–Kier alpha value is -8.67. The van der Waals surface area contributed by atoms with E-state index in [1.807, 2.05) is 6.07 Å². The van der Waals surface area contributed by atoms with Crippen LogP contribution in [-0.2, 0) is 0 Å². The number of nitrogens with zero attached hydrogens (tertiary/aromatic N) is 5. The first-order valence-electron chi connectivity index (χ1n) is 21.7. The molecule has 64 heavy (non-hydrogen) atoms. The molecule has 0 aliphatic rings. The molecule has 0 aliphatic heterocycles. The van der Waals surface area contributed by atoms with Gasteiger partial charge >= 0.3 is 0 Å². The zero-order chi connectivity index (χ0) is 42.1. The highest BCUT2D eigenvalue weighted by Crippen LogP contribution is 2.40. The summed E-state index contributed by atoms with van der Waals surface area (Å²) >= 11 is 0. The van der Waals surface area contributed by atoms with E-state index in [0.717, 1.165) is 71.9 Å². The second-order valence-corrected chi connectivity index (χ2v) is 16.4. The molecule has 0 radical (unpaired) electrons. The highest BCUT2D eigenvalue weighted by molar-refractivity contribution is 6.15. The Kier molecular flexibility index (Phi) is 8.15. The van der Waals surface area contributed by atoms with Crippen LogP contribution in [0.3, 0.4) is 0 Å². The Balaban J connectivity index is 1.04. The lowest BCUT2D eigenvalue weighted by Gasteiger charge is -2.15. The molecule has 13 aromatic rings. The minimum absolute atomic E-state index is 0.617. The van der Waals surface area contributed by atoms with Crippen molar-refractivity contribution in [2.45, 2.75) is 0 Å². The summed E-state index contributed by atoms with van der Waals surface area (Å²) in [5.41, 5.74) is 11.9. The maximum absolute atomic E-state index is 5.37. The van der Waals surface area contributed by atoms with Crippen molar-refractivity contribution < 1.29 is 0 Å². The number of hydrogen-bond acceptors (Lipinski definition) is 3. The largest absolute Gasteiger partial charge is 0.309 e. The van der Waals surface area contributed by atoms with Gasteiger partial charge in [0.15, 0.2) is 17.5 Å². The number of para-hydroxylation sites is 3. The normalized spacial score (nSPS) is 11.8. The topological polar surface area (TPSA) is 48.5 Å². The predicted molar refractivity (Wildman–Crippen MR) is 265 cm³/mol. The van der Waals surface area contributed by atoms with Gasteiger partial charge in [0, 0.05) is 49.3 Å². The fourth-order valence-corrected chi connectivity index (χ4v) is 9.78. The Labute approximate surface area is 368 Å². The minimum atomic E-state index is 0.617. The van der Waals surface area contributed by atoms with E-state index in [1.54, 1.807) is 0 Å². The molecule has 0 saturated carbocycles. The third kappa shape index (κ3) is 5.75. The molecular weight excluding hydrogens is 779 g/mol. The summed E-state index contributed by atoms with van der Waals surface area (Å²) in [7, 11) is 0. The van der Waals surface area contributed by atoms with Crippen molar-refractivity contribution >= 4 is 65.2 Å². The quantitative estimate of drug-likeness (QED) is 0.168. The van der Waals surface area contributed by atoms with Crippen LogP contribution in [0.2, 0.25) is 0 Å². The first-order valence-corrected chi connectivity index (χ1v) is 21.7. The molecule has 5 nitrogen and oxygen atoms in total. The molecule has 13 rings (SSSR count). The van der Waals surface area contributed by atoms with Gasteiger partial charge in [0.1, 0.15) is 0 Å². The summed E-state index contributed by atoms with van der Waals surface area (Å²) in [5, 5.41) is 9.39. The molecule has 10 aromatic carbocycles. The van der Waals surface area contributed by atoms with Gasteiger partial charge in [-0.3, -0.25) is 0 Å². The van der Waals surface area contributed by atoms with Crippen LogP contribution in [-0.4, -0.2) is 24.1 Å². The van der Waals surface area contributed by atoms with E-state index in [0.29, 0.717) is 17.5 Å². The van der Waals surface area contributed by atoms with Crippen molar-refractivity contribution in [3.05, 3.63) is 224 Å². The monoisotopic (exact) mass is 815 g/mol. The van der Waals surface area contributed by atoms with Crippen molar-refractivity contribution in [1.29, 1.82) is 0 Å². The molecule has 0 fully saturated rings. The second kappa shape index (κ2) is 14.5. The van der Waals surface area contributed by atoms with Gasteiger partial charge in [-0.1, -0.05) is 152 Å². The van der Waals surface area contributed by atoms with Gasteiger partial charge in [0.25, 0.3) is 0 Å². The second-order valence-electron chi connectivity index (χ2n) is 16.4. The van der Waals surface area contributed by atoms with Crippen LogP contribution < -0.4 is 0 Å². The summed E-state index contributed by atoms with van der Waals surface area (Å²) in [6.45, 7) is 0. The maximum Gasteiger partial charge on any atom is 0.164 e. The third-order valence-electron chi connectivity index (χ3n) is 12.7. The van der Waals surface area contributed by atoms with Gasteiger partial charge in [-0.25, -0.2) is 15.0 Å². The molecule has 0 saturated heterocycles. The fraction of sp³-hybridized carbons (Fsp3) is 0. The van der Waals surface area contributed by atoms with Crippen molar-refractivity contribution in [2.75, 3.05) is 0 Å². The zero-order valence-electron chi connectivity index (χ0n) is 34.6. The Morgan fingerprint density at radius 3 is 1.55 bits per heavy atom. The zero-order valence-corrected chi connectivity index (χ0v) is 34.6. The van der Waals surface area contributed by atoms with Gasteiger partial charge in [-0.05, 0) is 100 Å². The molecular formula is C59H37N5. The molecule has 0 atom stereocenters. The van der Waals surface area contributed by atoms with Crippen LogP contribution in [0.1, 0.15) is 0 Å². The molecule has 0 N–H and O–H groups in total. The number of hydrogen-bond donors (Lipinski definition) is 0. The van der Waals surface area contributed by atoms with E-state index in [4.69, 9.17) is 15.0 Å². The molecule has 298 valence electrons. The van der Waals surface area contributed by atoms with Crippen LogP contribution in [0, 0.1) is 0 Å². The predicted octanol–water partition coefficient (Wildman–Crippen LogP) is 15.0. The van der Waals surface area contributed by atoms with Crippen molar-refractivity contribution in [3.8, 4) is 56.7 Å². The average molecular weight is 816 g/mol. The van der Waals surface area contributed by atoms with Crippen LogP contribution in [0.15, 0.2) is 224 Å². The third-order valence-corrected chi connectivity index (χ3v) is 12.7. The van der Waals surface area contributed by atoms with Crippen LogP contribution in [0.4, 0.5) is 0 Å². The van der Waals surface area contributed by atoms with Crippen molar-refractivity contribution in [1.82, 2.24) is 24.1 Å². The van der Waals surface area contributed by atoms with Gasteiger partial charge in [-0.2, -0.15) is 0 Å². The lowest BCUT2D eigenvalue weighted by Crippen LogP contribution is -2.02. The molecule has 0 aliphatic carbocycles. The fourth-order valence-electron chi connectivity index (χ4n) is 9.78. The SMILES string of the molecule is c1ccc(-c2cccc(-c3nc(-c4ccc5c(c4)c4ccccc4n5-c4ccccc4)nc(-c4ccc(-n5c6ccccc6c6cc7ccccc7cc65)c5ccccc45)n3)c2)cc1. The molecule has 0 amide bonds. The Morgan fingerprint density at radius 2 is 0.797 bits per heavy atom. The smallest absolute Gasteiger partial charge is 0.164 e. The van der Waals surface area contributed by atoms with E-state index in [2.05, 4.69) is 228 Å². The number of fused-ring (bicyclic) bond motifs is 8. The Bertz CT molecular complexity index is 3960. The van der Waals surface area contributed by atoms with Gasteiger partial charge in [0.05, 0.1) is 27.8 Å². The standard InChI is InChI=1S/C59H37N5/c1-3-16-38(17-4-1)39-20-15-21-42(34-39)57-60-58(43-30-32-55-50(36-43)47-26-11-13-28-52(47)63(55)44-22-5-2-6-23-44)62-59(61-57)49-31-33-54(46-25-10-9-24-45(46)49)64-53-29-14-12-27-48(53)51-35-40-18-7-8-19-41(40)37-56(51)64/h1-37H. The van der Waals surface area contributed by atoms with E-state index in [-0.39, 0.29) is 0 Å². The molecule has 0 bridgehead atoms. The summed E-state index contributed by atoms with van der Waals surface area (Å²) in [5.74, 6) is 1.85. The lowest BCUT2D eigenvalue weighted by atomic mass is 10.0. The van der Waals surface area contributed by atoms with Crippen LogP contribution in [0.25, 0.3) is 122 Å². The Morgan fingerprint density at radius 1 is 0.266 bits per heavy atom. The van der Waals surface area contributed by atoms with E-state index >= 15 is 0 Å². The maximum atomic E-state index is 5.37. The molecule has 0 unspecified atom stereocenters. The average Bonchev–Trinajstić information content (AvgIpc) is 3.87. The van der Waals surface area contributed by atoms with E-state index in [1.165, 1.54) is 32.4 Å². The van der Waals surface area contributed by atoms with Crippen LogP contribution >= 0.6 is 0 Å².